The van der Waals surface area contributed by atoms with Crippen molar-refractivity contribution in [1.82, 2.24) is 19.8 Å². The Morgan fingerprint density at radius 2 is 1.85 bits per heavy atom. The van der Waals surface area contributed by atoms with Gasteiger partial charge in [-0.3, -0.25) is 9.69 Å². The first-order valence-electron chi connectivity index (χ1n) is 11.4. The third-order valence-electron chi connectivity index (χ3n) is 6.05. The minimum absolute atomic E-state index is 0.296. The average Bonchev–Trinajstić information content (AvgIpc) is 2.84. The van der Waals surface area contributed by atoms with Crippen molar-refractivity contribution in [3.63, 3.8) is 0 Å². The normalized spacial score (nSPS) is 14.8. The number of rotatable bonds is 5. The number of nitrogens with zero attached hydrogens (tertiary/aromatic N) is 4. The molecule has 2 aromatic carbocycles. The highest BCUT2D eigenvalue weighted by atomic mass is 16.1. The number of aromatic nitrogens is 2. The molecule has 0 aliphatic carbocycles. The van der Waals surface area contributed by atoms with Crippen molar-refractivity contribution < 1.29 is 4.79 Å². The summed E-state index contributed by atoms with van der Waals surface area (Å²) in [4.78, 5) is 25.8. The number of carbonyl (C=O) groups excluding carboxylic acids is 1. The third-order valence-corrected chi connectivity index (χ3v) is 6.05. The number of fused-ring (bicyclic) bond motifs is 1. The van der Waals surface area contributed by atoms with Gasteiger partial charge in [-0.1, -0.05) is 36.6 Å². The highest BCUT2D eigenvalue weighted by Gasteiger charge is 2.27. The van der Waals surface area contributed by atoms with Crippen LogP contribution in [0.5, 0.6) is 0 Å². The van der Waals surface area contributed by atoms with E-state index in [-0.39, 0.29) is 11.4 Å². The zero-order valence-electron chi connectivity index (χ0n) is 19.9. The van der Waals surface area contributed by atoms with Gasteiger partial charge < -0.3 is 15.5 Å². The van der Waals surface area contributed by atoms with Crippen LogP contribution in [0.3, 0.4) is 0 Å². The Hall–Kier alpha value is -3.73. The van der Waals surface area contributed by atoms with Crippen LogP contribution in [0.15, 0.2) is 61.4 Å². The fourth-order valence-corrected chi connectivity index (χ4v) is 3.92. The Balaban J connectivity index is 1.73. The van der Waals surface area contributed by atoms with Gasteiger partial charge >= 0.3 is 0 Å². The molecule has 0 unspecified atom stereocenters. The molecule has 7 nitrogen and oxygen atoms in total. The molecular weight excluding hydrogens is 424 g/mol. The van der Waals surface area contributed by atoms with E-state index in [9.17, 15) is 4.79 Å². The molecule has 0 bridgehead atoms. The molecule has 1 aromatic heterocycles. The number of piperazine rings is 1. The standard InChI is InChI=1S/C27H30N6O/c1-5-25(34)31-23-18-22-24(28-19-29-26(22)30-21-9-7-6-8-10-21)17-20(23)11-12-27(2,3)33-15-13-32(4)14-16-33/h5-10,17-19H,1,13-16H2,2-4H3,(H,31,34)(H,28,29,30). The molecule has 1 aliphatic rings. The van der Waals surface area contributed by atoms with Crippen LogP contribution in [0, 0.1) is 11.8 Å². The van der Waals surface area contributed by atoms with Crippen LogP contribution in [-0.4, -0.2) is 64.4 Å². The smallest absolute Gasteiger partial charge is 0.247 e. The summed E-state index contributed by atoms with van der Waals surface area (Å²) < 4.78 is 0. The summed E-state index contributed by atoms with van der Waals surface area (Å²) in [5, 5.41) is 7.02. The number of anilines is 3. The Morgan fingerprint density at radius 3 is 2.56 bits per heavy atom. The van der Waals surface area contributed by atoms with Crippen LogP contribution in [-0.2, 0) is 4.79 Å². The van der Waals surface area contributed by atoms with E-state index in [0.29, 0.717) is 17.1 Å². The van der Waals surface area contributed by atoms with Gasteiger partial charge in [-0.15, -0.1) is 0 Å². The lowest BCUT2D eigenvalue weighted by atomic mass is 10.0. The number of hydrogen-bond acceptors (Lipinski definition) is 6. The van der Waals surface area contributed by atoms with Gasteiger partial charge in [0.25, 0.3) is 0 Å². The summed E-state index contributed by atoms with van der Waals surface area (Å²) in [6, 6.07) is 13.6. The van der Waals surface area contributed by atoms with E-state index < -0.39 is 0 Å². The molecule has 7 heteroatoms. The summed E-state index contributed by atoms with van der Waals surface area (Å²) in [6.07, 6.45) is 2.78. The molecule has 2 heterocycles. The molecule has 0 spiro atoms. The number of benzene rings is 2. The second-order valence-corrected chi connectivity index (χ2v) is 8.92. The summed E-state index contributed by atoms with van der Waals surface area (Å²) in [7, 11) is 2.14. The van der Waals surface area contributed by atoms with E-state index in [2.05, 4.69) is 69.7 Å². The van der Waals surface area contributed by atoms with Gasteiger partial charge in [-0.2, -0.15) is 0 Å². The van der Waals surface area contributed by atoms with E-state index in [0.717, 1.165) is 42.8 Å². The molecule has 1 aliphatic heterocycles. The molecule has 0 saturated carbocycles. The van der Waals surface area contributed by atoms with E-state index in [1.54, 1.807) is 0 Å². The summed E-state index contributed by atoms with van der Waals surface area (Å²) in [5.74, 6) is 7.11. The summed E-state index contributed by atoms with van der Waals surface area (Å²) in [6.45, 7) is 11.8. The van der Waals surface area contributed by atoms with Gasteiger partial charge in [0.1, 0.15) is 12.1 Å². The maximum absolute atomic E-state index is 12.2. The van der Waals surface area contributed by atoms with Crippen molar-refractivity contribution in [2.24, 2.45) is 0 Å². The quantitative estimate of drug-likeness (QED) is 0.450. The minimum atomic E-state index is -0.304. The van der Waals surface area contributed by atoms with Gasteiger partial charge in [-0.25, -0.2) is 9.97 Å². The largest absolute Gasteiger partial charge is 0.340 e. The molecule has 0 radical (unpaired) electrons. The van der Waals surface area contributed by atoms with Crippen LogP contribution in [0.25, 0.3) is 10.9 Å². The Kier molecular flexibility index (Phi) is 6.92. The van der Waals surface area contributed by atoms with Crippen LogP contribution in [0.1, 0.15) is 19.4 Å². The zero-order valence-corrected chi connectivity index (χ0v) is 19.9. The lowest BCUT2D eigenvalue weighted by Gasteiger charge is -2.40. The maximum Gasteiger partial charge on any atom is 0.247 e. The third kappa shape index (κ3) is 5.42. The number of para-hydroxylation sites is 1. The lowest BCUT2D eigenvalue weighted by Crippen LogP contribution is -2.53. The van der Waals surface area contributed by atoms with Crippen molar-refractivity contribution in [3.05, 3.63) is 67.0 Å². The van der Waals surface area contributed by atoms with Crippen LogP contribution < -0.4 is 10.6 Å². The summed E-state index contributed by atoms with van der Waals surface area (Å²) >= 11 is 0. The highest BCUT2D eigenvalue weighted by molar-refractivity contribution is 6.03. The lowest BCUT2D eigenvalue weighted by molar-refractivity contribution is -0.111. The second-order valence-electron chi connectivity index (χ2n) is 8.92. The first-order chi connectivity index (χ1) is 16.4. The van der Waals surface area contributed by atoms with Crippen molar-refractivity contribution in [2.45, 2.75) is 19.4 Å². The van der Waals surface area contributed by atoms with E-state index in [1.165, 1.54) is 12.4 Å². The van der Waals surface area contributed by atoms with Gasteiger partial charge in [0, 0.05) is 37.3 Å². The second kappa shape index (κ2) is 10.0. The number of nitrogens with one attached hydrogen (secondary N) is 2. The summed E-state index contributed by atoms with van der Waals surface area (Å²) in [5.41, 5.74) is 2.66. The first-order valence-corrected chi connectivity index (χ1v) is 11.4. The van der Waals surface area contributed by atoms with Gasteiger partial charge in [0.05, 0.1) is 22.3 Å². The van der Waals surface area contributed by atoms with Crippen molar-refractivity contribution in [3.8, 4) is 11.8 Å². The van der Waals surface area contributed by atoms with Crippen LogP contribution >= 0.6 is 0 Å². The van der Waals surface area contributed by atoms with Crippen molar-refractivity contribution >= 4 is 34.0 Å². The Bertz CT molecular complexity index is 1250. The van der Waals surface area contributed by atoms with Crippen molar-refractivity contribution in [2.75, 3.05) is 43.9 Å². The predicted octanol–water partition coefficient (Wildman–Crippen LogP) is 3.88. The van der Waals surface area contributed by atoms with E-state index in [4.69, 9.17) is 0 Å². The SMILES string of the molecule is C=CC(=O)Nc1cc2c(Nc3ccccc3)ncnc2cc1C#CC(C)(C)N1CCN(C)CC1. The Labute approximate surface area is 200 Å². The Morgan fingerprint density at radius 1 is 1.12 bits per heavy atom. The number of likely N-dealkylation sites (N-methyl/N-ethyl adjacent to an activating group) is 1. The fraction of sp³-hybridized carbons (Fsp3) is 0.296. The highest BCUT2D eigenvalue weighted by Crippen LogP contribution is 2.29. The first kappa shape index (κ1) is 23.4. The van der Waals surface area contributed by atoms with Crippen LogP contribution in [0.4, 0.5) is 17.2 Å². The van der Waals surface area contributed by atoms with Crippen LogP contribution in [0.2, 0.25) is 0 Å². The molecular formula is C27H30N6O. The molecule has 3 aromatic rings. The van der Waals surface area contributed by atoms with Gasteiger partial charge in [0.2, 0.25) is 5.91 Å². The fourth-order valence-electron chi connectivity index (χ4n) is 3.92. The van der Waals surface area contributed by atoms with Crippen molar-refractivity contribution in [1.29, 1.82) is 0 Å². The molecule has 1 saturated heterocycles. The van der Waals surface area contributed by atoms with E-state index >= 15 is 0 Å². The minimum Gasteiger partial charge on any atom is -0.340 e. The zero-order chi connectivity index (χ0) is 24.1. The molecule has 4 rings (SSSR count). The average molecular weight is 455 g/mol. The molecule has 1 fully saturated rings. The predicted molar refractivity (Wildman–Crippen MR) is 138 cm³/mol. The molecule has 2 N–H and O–H groups in total. The molecule has 34 heavy (non-hydrogen) atoms. The van der Waals surface area contributed by atoms with Gasteiger partial charge in [0.15, 0.2) is 0 Å². The van der Waals surface area contributed by atoms with E-state index in [1.807, 2.05) is 42.5 Å². The topological polar surface area (TPSA) is 73.4 Å². The molecule has 1 amide bonds. The number of amides is 1. The maximum atomic E-state index is 12.2. The molecule has 0 atom stereocenters. The van der Waals surface area contributed by atoms with Gasteiger partial charge in [-0.05, 0) is 51.2 Å². The molecule has 174 valence electrons. The monoisotopic (exact) mass is 454 g/mol. The number of hydrogen-bond donors (Lipinski definition) is 2. The number of carbonyl (C=O) groups is 1.